The van der Waals surface area contributed by atoms with E-state index in [1.54, 1.807) is 0 Å². The van der Waals surface area contributed by atoms with Gasteiger partial charge in [0.1, 0.15) is 22.2 Å². The largest absolute Gasteiger partial charge is 0.494 e. The van der Waals surface area contributed by atoms with Crippen molar-refractivity contribution in [3.8, 4) is 5.75 Å². The van der Waals surface area contributed by atoms with Crippen molar-refractivity contribution in [2.75, 3.05) is 7.11 Å². The molecule has 0 N–H and O–H groups in total. The Kier molecular flexibility index (Phi) is 3.20. The van der Waals surface area contributed by atoms with Crippen molar-refractivity contribution in [2.24, 2.45) is 0 Å². The Morgan fingerprint density at radius 2 is 1.89 bits per heavy atom. The van der Waals surface area contributed by atoms with Gasteiger partial charge < -0.3 is 4.74 Å². The molecule has 0 amide bonds. The Morgan fingerprint density at radius 3 is 2.44 bits per heavy atom. The number of ether oxygens (including phenoxy) is 1. The highest BCUT2D eigenvalue weighted by Crippen LogP contribution is 2.34. The minimum Gasteiger partial charge on any atom is -0.494 e. The third-order valence-corrected chi connectivity index (χ3v) is 3.12. The number of hydrogen-bond acceptors (Lipinski definition) is 2. The van der Waals surface area contributed by atoms with Gasteiger partial charge in [0.25, 0.3) is 0 Å². The standard InChI is InChI=1S/C14H15ClFNO/c1-14(2,3)10-6-8-5-9(16)7-11(18-4)12(8)17-13(10)15/h5-7H,1-4H3. The number of benzene rings is 1. The Morgan fingerprint density at radius 1 is 1.22 bits per heavy atom. The third kappa shape index (κ3) is 2.27. The van der Waals surface area contributed by atoms with Crippen molar-refractivity contribution in [1.82, 2.24) is 4.98 Å². The fourth-order valence-corrected chi connectivity index (χ4v) is 2.30. The maximum absolute atomic E-state index is 13.5. The van der Waals surface area contributed by atoms with Crippen molar-refractivity contribution in [1.29, 1.82) is 0 Å². The topological polar surface area (TPSA) is 22.1 Å². The molecule has 96 valence electrons. The summed E-state index contributed by atoms with van der Waals surface area (Å²) in [5.74, 6) is 0.0516. The number of hydrogen-bond donors (Lipinski definition) is 0. The highest BCUT2D eigenvalue weighted by Gasteiger charge is 2.20. The molecule has 0 spiro atoms. The van der Waals surface area contributed by atoms with Crippen LogP contribution in [0.1, 0.15) is 26.3 Å². The first-order chi connectivity index (χ1) is 8.32. The van der Waals surface area contributed by atoms with Gasteiger partial charge in [0.05, 0.1) is 7.11 Å². The van der Waals surface area contributed by atoms with Gasteiger partial charge in [0.15, 0.2) is 0 Å². The van der Waals surface area contributed by atoms with E-state index in [1.165, 1.54) is 19.2 Å². The summed E-state index contributed by atoms with van der Waals surface area (Å²) in [6.07, 6.45) is 0. The molecule has 0 bridgehead atoms. The first kappa shape index (κ1) is 13.1. The minimum atomic E-state index is -0.344. The first-order valence-electron chi connectivity index (χ1n) is 5.67. The molecule has 2 aromatic rings. The lowest BCUT2D eigenvalue weighted by atomic mass is 9.87. The quantitative estimate of drug-likeness (QED) is 0.718. The normalized spacial score (nSPS) is 11.9. The molecule has 0 aliphatic heterocycles. The first-order valence-corrected chi connectivity index (χ1v) is 6.05. The summed E-state index contributed by atoms with van der Waals surface area (Å²) in [6.45, 7) is 6.12. The lowest BCUT2D eigenvalue weighted by Crippen LogP contribution is -2.12. The Hall–Kier alpha value is -1.35. The smallest absolute Gasteiger partial charge is 0.148 e. The van der Waals surface area contributed by atoms with Gasteiger partial charge in [-0.25, -0.2) is 9.37 Å². The summed E-state index contributed by atoms with van der Waals surface area (Å²) in [5.41, 5.74) is 1.33. The number of pyridine rings is 1. The Bertz CT molecular complexity index is 605. The minimum absolute atomic E-state index is 0.141. The van der Waals surface area contributed by atoms with E-state index in [9.17, 15) is 4.39 Å². The van der Waals surface area contributed by atoms with Crippen molar-refractivity contribution >= 4 is 22.5 Å². The van der Waals surface area contributed by atoms with Gasteiger partial charge in [0, 0.05) is 11.5 Å². The Labute approximate surface area is 111 Å². The van der Waals surface area contributed by atoms with E-state index in [-0.39, 0.29) is 11.2 Å². The number of halogens is 2. The van der Waals surface area contributed by atoms with Crippen molar-refractivity contribution in [3.05, 3.63) is 34.7 Å². The van der Waals surface area contributed by atoms with E-state index in [0.717, 1.165) is 5.56 Å². The van der Waals surface area contributed by atoms with Crippen LogP contribution in [0.4, 0.5) is 4.39 Å². The average Bonchev–Trinajstić information content (AvgIpc) is 2.26. The highest BCUT2D eigenvalue weighted by atomic mass is 35.5. The van der Waals surface area contributed by atoms with Crippen molar-refractivity contribution in [2.45, 2.75) is 26.2 Å². The van der Waals surface area contributed by atoms with Gasteiger partial charge in [-0.2, -0.15) is 0 Å². The van der Waals surface area contributed by atoms with Crippen LogP contribution in [-0.4, -0.2) is 12.1 Å². The lowest BCUT2D eigenvalue weighted by molar-refractivity contribution is 0.415. The molecule has 1 heterocycles. The molecule has 0 saturated heterocycles. The van der Waals surface area contributed by atoms with Crippen LogP contribution in [0.2, 0.25) is 5.15 Å². The SMILES string of the molecule is COc1cc(F)cc2cc(C(C)(C)C)c(Cl)nc12. The van der Waals surface area contributed by atoms with Crippen LogP contribution in [-0.2, 0) is 5.41 Å². The van der Waals surface area contributed by atoms with Gasteiger partial charge >= 0.3 is 0 Å². The summed E-state index contributed by atoms with van der Waals surface area (Å²) in [5, 5.41) is 1.13. The molecule has 0 fully saturated rings. The predicted molar refractivity (Wildman–Crippen MR) is 72.0 cm³/mol. The second-order valence-corrected chi connectivity index (χ2v) is 5.61. The summed E-state index contributed by atoms with van der Waals surface area (Å²) in [4.78, 5) is 4.33. The van der Waals surface area contributed by atoms with Gasteiger partial charge in [-0.15, -0.1) is 0 Å². The molecular weight excluding hydrogens is 253 g/mol. The fourth-order valence-electron chi connectivity index (χ4n) is 1.88. The fraction of sp³-hybridized carbons (Fsp3) is 0.357. The molecule has 1 aromatic carbocycles. The molecule has 0 unspecified atom stereocenters. The molecule has 0 atom stereocenters. The monoisotopic (exact) mass is 267 g/mol. The molecule has 0 saturated carbocycles. The van der Waals surface area contributed by atoms with Crippen LogP contribution in [0.25, 0.3) is 10.9 Å². The molecular formula is C14H15ClFNO. The molecule has 4 heteroatoms. The van der Waals surface area contributed by atoms with Gasteiger partial charge in [-0.05, 0) is 23.1 Å². The summed E-state index contributed by atoms with van der Waals surface area (Å²) in [6, 6.07) is 4.62. The van der Waals surface area contributed by atoms with Crippen LogP contribution in [0.3, 0.4) is 0 Å². The van der Waals surface area contributed by atoms with Gasteiger partial charge in [-0.3, -0.25) is 0 Å². The number of rotatable bonds is 1. The molecule has 1 aromatic heterocycles. The van der Waals surface area contributed by atoms with E-state index < -0.39 is 0 Å². The lowest BCUT2D eigenvalue weighted by Gasteiger charge is -2.20. The van der Waals surface area contributed by atoms with Crippen molar-refractivity contribution in [3.63, 3.8) is 0 Å². The van der Waals surface area contributed by atoms with E-state index >= 15 is 0 Å². The molecule has 0 radical (unpaired) electrons. The molecule has 0 aliphatic carbocycles. The highest BCUT2D eigenvalue weighted by molar-refractivity contribution is 6.30. The number of fused-ring (bicyclic) bond motifs is 1. The van der Waals surface area contributed by atoms with E-state index in [4.69, 9.17) is 16.3 Å². The predicted octanol–water partition coefficient (Wildman–Crippen LogP) is 4.33. The van der Waals surface area contributed by atoms with E-state index in [1.807, 2.05) is 26.8 Å². The maximum Gasteiger partial charge on any atom is 0.148 e. The van der Waals surface area contributed by atoms with Crippen LogP contribution in [0.15, 0.2) is 18.2 Å². The van der Waals surface area contributed by atoms with Gasteiger partial charge in [-0.1, -0.05) is 32.4 Å². The van der Waals surface area contributed by atoms with E-state index in [2.05, 4.69) is 4.98 Å². The third-order valence-electron chi connectivity index (χ3n) is 2.83. The van der Waals surface area contributed by atoms with Crippen LogP contribution in [0, 0.1) is 5.82 Å². The summed E-state index contributed by atoms with van der Waals surface area (Å²) < 4.78 is 18.6. The second-order valence-electron chi connectivity index (χ2n) is 5.26. The molecule has 2 rings (SSSR count). The van der Waals surface area contributed by atoms with Crippen LogP contribution in [0.5, 0.6) is 5.75 Å². The molecule has 2 nitrogen and oxygen atoms in total. The van der Waals surface area contributed by atoms with Crippen LogP contribution >= 0.6 is 11.6 Å². The molecule has 18 heavy (non-hydrogen) atoms. The zero-order valence-electron chi connectivity index (χ0n) is 10.8. The zero-order chi connectivity index (χ0) is 13.5. The second kappa shape index (κ2) is 4.39. The van der Waals surface area contributed by atoms with Crippen LogP contribution < -0.4 is 4.74 Å². The van der Waals surface area contributed by atoms with E-state index in [0.29, 0.717) is 21.8 Å². The number of nitrogens with zero attached hydrogens (tertiary/aromatic N) is 1. The zero-order valence-corrected chi connectivity index (χ0v) is 11.6. The number of methoxy groups -OCH3 is 1. The molecule has 0 aliphatic rings. The average molecular weight is 268 g/mol. The van der Waals surface area contributed by atoms with Crippen molar-refractivity contribution < 1.29 is 9.13 Å². The summed E-state index contributed by atoms with van der Waals surface area (Å²) >= 11 is 6.20. The Balaban J connectivity index is 2.80. The maximum atomic E-state index is 13.5. The number of aromatic nitrogens is 1. The summed E-state index contributed by atoms with van der Waals surface area (Å²) in [7, 11) is 1.49. The van der Waals surface area contributed by atoms with Gasteiger partial charge in [0.2, 0.25) is 0 Å².